The summed E-state index contributed by atoms with van der Waals surface area (Å²) in [7, 11) is 0. The van der Waals surface area contributed by atoms with Crippen molar-refractivity contribution in [3.63, 3.8) is 0 Å². The second-order valence-electron chi connectivity index (χ2n) is 5.28. The van der Waals surface area contributed by atoms with E-state index in [0.717, 1.165) is 32.2 Å². The molecule has 6 heteroatoms. The van der Waals surface area contributed by atoms with Crippen LogP contribution in [0.5, 0.6) is 0 Å². The van der Waals surface area contributed by atoms with Crippen LogP contribution in [0.2, 0.25) is 0 Å². The van der Waals surface area contributed by atoms with Gasteiger partial charge in [0.05, 0.1) is 13.2 Å². The van der Waals surface area contributed by atoms with Gasteiger partial charge in [-0.1, -0.05) is 12.8 Å². The van der Waals surface area contributed by atoms with E-state index in [1.807, 2.05) is 0 Å². The van der Waals surface area contributed by atoms with Gasteiger partial charge in [0.15, 0.2) is 0 Å². The Hall–Kier alpha value is -1.14. The zero-order valence-electron chi connectivity index (χ0n) is 11.1. The highest BCUT2D eigenvalue weighted by Gasteiger charge is 2.30. The van der Waals surface area contributed by atoms with Crippen molar-refractivity contribution in [1.29, 1.82) is 0 Å². The van der Waals surface area contributed by atoms with Crippen molar-refractivity contribution in [3.8, 4) is 0 Å². The molecule has 1 amide bonds. The van der Waals surface area contributed by atoms with E-state index < -0.39 is 5.97 Å². The molecule has 0 aromatic heterocycles. The van der Waals surface area contributed by atoms with Crippen molar-refractivity contribution in [2.45, 2.75) is 44.2 Å². The summed E-state index contributed by atoms with van der Waals surface area (Å²) in [6.45, 7) is 1.76. The van der Waals surface area contributed by atoms with Gasteiger partial charge in [0.25, 0.3) is 0 Å². The van der Waals surface area contributed by atoms with Crippen LogP contribution in [0.4, 0.5) is 0 Å². The van der Waals surface area contributed by atoms with Gasteiger partial charge < -0.3 is 20.1 Å². The second-order valence-corrected chi connectivity index (χ2v) is 5.28. The Bertz CT molecular complexity index is 323. The zero-order chi connectivity index (χ0) is 13.7. The predicted molar refractivity (Wildman–Crippen MR) is 68.8 cm³/mol. The summed E-state index contributed by atoms with van der Waals surface area (Å²) in [6.07, 6.45) is 4.34. The molecule has 1 saturated heterocycles. The Morgan fingerprint density at radius 3 is 2.63 bits per heavy atom. The molecule has 0 aromatic carbocycles. The maximum Gasteiger partial charge on any atom is 0.323 e. The standard InChI is InChI=1S/C13H22N2O4/c16-12(7-10-9-19-6-5-14-10)15(8-13(17)18)11-3-1-2-4-11/h10-11,14H,1-9H2,(H,17,18). The molecule has 0 radical (unpaired) electrons. The van der Waals surface area contributed by atoms with Crippen molar-refractivity contribution in [3.05, 3.63) is 0 Å². The number of nitrogens with zero attached hydrogens (tertiary/aromatic N) is 1. The van der Waals surface area contributed by atoms with Crippen LogP contribution >= 0.6 is 0 Å². The SMILES string of the molecule is O=C(O)CN(C(=O)CC1COCCN1)C1CCCC1. The maximum absolute atomic E-state index is 12.3. The molecule has 0 bridgehead atoms. The molecule has 2 N–H and O–H groups in total. The highest BCUT2D eigenvalue weighted by atomic mass is 16.5. The van der Waals surface area contributed by atoms with Gasteiger partial charge in [0.2, 0.25) is 5.91 Å². The van der Waals surface area contributed by atoms with Crippen LogP contribution in [0.15, 0.2) is 0 Å². The molecular formula is C13H22N2O4. The lowest BCUT2D eigenvalue weighted by Crippen LogP contribution is -2.48. The number of rotatable bonds is 5. The summed E-state index contributed by atoms with van der Waals surface area (Å²) in [6, 6.07) is 0.118. The lowest BCUT2D eigenvalue weighted by molar-refractivity contribution is -0.146. The minimum absolute atomic E-state index is 0.0129. The number of nitrogens with one attached hydrogen (secondary N) is 1. The third-order valence-corrected chi connectivity index (χ3v) is 3.81. The molecule has 108 valence electrons. The first-order valence-electron chi connectivity index (χ1n) is 6.99. The molecule has 1 aliphatic carbocycles. The monoisotopic (exact) mass is 270 g/mol. The number of carbonyl (C=O) groups is 2. The fourth-order valence-corrected chi connectivity index (χ4v) is 2.86. The second kappa shape index (κ2) is 6.86. The van der Waals surface area contributed by atoms with Crippen molar-refractivity contribution in [1.82, 2.24) is 10.2 Å². The van der Waals surface area contributed by atoms with E-state index in [2.05, 4.69) is 5.32 Å². The van der Waals surface area contributed by atoms with Gasteiger partial charge in [-0.15, -0.1) is 0 Å². The lowest BCUT2D eigenvalue weighted by atomic mass is 10.1. The summed E-state index contributed by atoms with van der Waals surface area (Å²) < 4.78 is 5.32. The number of amides is 1. The molecule has 1 aliphatic heterocycles. The van der Waals surface area contributed by atoms with Gasteiger partial charge in [-0.05, 0) is 12.8 Å². The van der Waals surface area contributed by atoms with Gasteiger partial charge in [-0.25, -0.2) is 0 Å². The molecule has 2 fully saturated rings. The van der Waals surface area contributed by atoms with Crippen molar-refractivity contribution >= 4 is 11.9 Å². The molecule has 1 heterocycles. The van der Waals surface area contributed by atoms with E-state index in [4.69, 9.17) is 9.84 Å². The number of carboxylic acid groups (broad SMARTS) is 1. The number of aliphatic carboxylic acids is 1. The van der Waals surface area contributed by atoms with E-state index in [-0.39, 0.29) is 24.5 Å². The van der Waals surface area contributed by atoms with Crippen molar-refractivity contribution < 1.29 is 19.4 Å². The first-order valence-corrected chi connectivity index (χ1v) is 6.99. The minimum Gasteiger partial charge on any atom is -0.480 e. The Morgan fingerprint density at radius 1 is 1.32 bits per heavy atom. The number of hydrogen-bond donors (Lipinski definition) is 2. The average Bonchev–Trinajstić information content (AvgIpc) is 2.90. The Morgan fingerprint density at radius 2 is 2.05 bits per heavy atom. The van der Waals surface area contributed by atoms with Crippen LogP contribution in [0, 0.1) is 0 Å². The van der Waals surface area contributed by atoms with Crippen LogP contribution in [0.3, 0.4) is 0 Å². The number of morpholine rings is 1. The third-order valence-electron chi connectivity index (χ3n) is 3.81. The van der Waals surface area contributed by atoms with Gasteiger partial charge in [0.1, 0.15) is 6.54 Å². The first kappa shape index (κ1) is 14.3. The van der Waals surface area contributed by atoms with Gasteiger partial charge in [-0.3, -0.25) is 9.59 Å². The molecule has 6 nitrogen and oxygen atoms in total. The van der Waals surface area contributed by atoms with Gasteiger partial charge >= 0.3 is 5.97 Å². The van der Waals surface area contributed by atoms with Crippen LogP contribution in [0.25, 0.3) is 0 Å². The first-order chi connectivity index (χ1) is 9.16. The summed E-state index contributed by atoms with van der Waals surface area (Å²) in [5.74, 6) is -1.01. The van der Waals surface area contributed by atoms with Crippen LogP contribution < -0.4 is 5.32 Å². The fraction of sp³-hybridized carbons (Fsp3) is 0.846. The van der Waals surface area contributed by atoms with E-state index in [9.17, 15) is 9.59 Å². The predicted octanol–water partition coefficient (Wildman–Crippen LogP) is 0.221. The summed E-state index contributed by atoms with van der Waals surface area (Å²) in [5, 5.41) is 12.2. The smallest absolute Gasteiger partial charge is 0.323 e. The van der Waals surface area contributed by atoms with Crippen LogP contribution in [0.1, 0.15) is 32.1 Å². The van der Waals surface area contributed by atoms with E-state index in [1.165, 1.54) is 0 Å². The lowest BCUT2D eigenvalue weighted by Gasteiger charge is -2.30. The fourth-order valence-electron chi connectivity index (χ4n) is 2.86. The molecule has 2 aliphatic rings. The highest BCUT2D eigenvalue weighted by molar-refractivity contribution is 5.82. The Kier molecular flexibility index (Phi) is 5.15. The quantitative estimate of drug-likeness (QED) is 0.747. The molecule has 1 atom stereocenters. The number of carboxylic acids is 1. The molecule has 1 saturated carbocycles. The molecule has 19 heavy (non-hydrogen) atoms. The van der Waals surface area contributed by atoms with E-state index in [1.54, 1.807) is 4.90 Å². The van der Waals surface area contributed by atoms with Crippen molar-refractivity contribution in [2.24, 2.45) is 0 Å². The average molecular weight is 270 g/mol. The summed E-state index contributed by atoms with van der Waals surface area (Å²) in [5.41, 5.74) is 0. The molecular weight excluding hydrogens is 248 g/mol. The topological polar surface area (TPSA) is 78.9 Å². The van der Waals surface area contributed by atoms with Gasteiger partial charge in [0, 0.05) is 25.0 Å². The largest absolute Gasteiger partial charge is 0.480 e. The summed E-state index contributed by atoms with van der Waals surface area (Å²) in [4.78, 5) is 24.8. The number of carbonyl (C=O) groups excluding carboxylic acids is 1. The zero-order valence-corrected chi connectivity index (χ0v) is 11.1. The molecule has 0 spiro atoms. The molecule has 0 aromatic rings. The van der Waals surface area contributed by atoms with Crippen LogP contribution in [-0.2, 0) is 14.3 Å². The highest BCUT2D eigenvalue weighted by Crippen LogP contribution is 2.24. The maximum atomic E-state index is 12.3. The number of hydrogen-bond acceptors (Lipinski definition) is 4. The van der Waals surface area contributed by atoms with Crippen LogP contribution in [-0.4, -0.2) is 60.3 Å². The normalized spacial score (nSPS) is 24.3. The van der Waals surface area contributed by atoms with Gasteiger partial charge in [-0.2, -0.15) is 0 Å². The minimum atomic E-state index is -0.937. The van der Waals surface area contributed by atoms with Crippen molar-refractivity contribution in [2.75, 3.05) is 26.3 Å². The summed E-state index contributed by atoms with van der Waals surface area (Å²) >= 11 is 0. The van der Waals surface area contributed by atoms with E-state index >= 15 is 0 Å². The Balaban J connectivity index is 1.91. The molecule has 1 unspecified atom stereocenters. The van der Waals surface area contributed by atoms with E-state index in [0.29, 0.717) is 19.6 Å². The Labute approximate surface area is 113 Å². The molecule has 2 rings (SSSR count). The third kappa shape index (κ3) is 4.18. The number of ether oxygens (including phenoxy) is 1.